The Morgan fingerprint density at radius 1 is 1.17 bits per heavy atom. The van der Waals surface area contributed by atoms with Gasteiger partial charge in [0.25, 0.3) is 0 Å². The smallest absolute Gasteiger partial charge is 0.416 e. The van der Waals surface area contributed by atoms with Crippen molar-refractivity contribution in [2.24, 2.45) is 5.73 Å². The predicted molar refractivity (Wildman–Crippen MR) is 76.8 cm³/mol. The quantitative estimate of drug-likeness (QED) is 0.643. The summed E-state index contributed by atoms with van der Waals surface area (Å²) in [6.45, 7) is 2.47. The highest BCUT2D eigenvalue weighted by molar-refractivity contribution is 5.93. The lowest BCUT2D eigenvalue weighted by Crippen LogP contribution is -2.55. The first-order valence-electron chi connectivity index (χ1n) is 6.63. The van der Waals surface area contributed by atoms with E-state index in [1.165, 1.54) is 19.9 Å². The monoisotopic (exact) mass is 347 g/mol. The molecule has 24 heavy (non-hydrogen) atoms. The second kappa shape index (κ2) is 6.77. The lowest BCUT2D eigenvalue weighted by Gasteiger charge is -2.27. The van der Waals surface area contributed by atoms with Crippen LogP contribution in [0.2, 0.25) is 0 Å². The molecule has 7 nitrogen and oxygen atoms in total. The van der Waals surface area contributed by atoms with Crippen molar-refractivity contribution in [1.29, 1.82) is 0 Å². The number of nitrogens with one attached hydrogen (secondary N) is 2. The molecule has 0 heterocycles. The third kappa shape index (κ3) is 4.61. The van der Waals surface area contributed by atoms with E-state index in [1.807, 2.05) is 0 Å². The maximum Gasteiger partial charge on any atom is 0.416 e. The number of hydrogen-bond donors (Lipinski definition) is 4. The molecule has 0 saturated heterocycles. The van der Waals surface area contributed by atoms with Crippen LogP contribution in [-0.4, -0.2) is 28.6 Å². The number of carboxylic acid groups (broad SMARTS) is 1. The molecule has 10 heteroatoms. The Morgan fingerprint density at radius 2 is 1.71 bits per heavy atom. The van der Waals surface area contributed by atoms with Gasteiger partial charge in [0.1, 0.15) is 11.6 Å². The number of nitrogens with two attached hydrogens (primary N) is 1. The van der Waals surface area contributed by atoms with E-state index in [2.05, 4.69) is 5.32 Å². The van der Waals surface area contributed by atoms with Crippen LogP contribution in [0.5, 0.6) is 0 Å². The summed E-state index contributed by atoms with van der Waals surface area (Å²) in [4.78, 5) is 34.4. The van der Waals surface area contributed by atoms with Crippen LogP contribution >= 0.6 is 0 Å². The Morgan fingerprint density at radius 3 is 2.17 bits per heavy atom. The van der Waals surface area contributed by atoms with Crippen LogP contribution in [0.3, 0.4) is 0 Å². The zero-order valence-electron chi connectivity index (χ0n) is 12.8. The Balaban J connectivity index is 3.32. The number of carbonyl (C=O) groups excluding carboxylic acids is 2. The van der Waals surface area contributed by atoms with Gasteiger partial charge in [0.2, 0.25) is 11.8 Å². The highest BCUT2D eigenvalue weighted by Crippen LogP contribution is 2.34. The number of amides is 3. The molecule has 0 saturated carbocycles. The molecular weight excluding hydrogens is 331 g/mol. The molecule has 0 radical (unpaired) electrons. The van der Waals surface area contributed by atoms with E-state index in [1.54, 1.807) is 5.32 Å². The molecule has 0 spiro atoms. The van der Waals surface area contributed by atoms with E-state index in [0.29, 0.717) is 0 Å². The summed E-state index contributed by atoms with van der Waals surface area (Å²) >= 11 is 0. The van der Waals surface area contributed by atoms with E-state index in [4.69, 9.17) is 10.8 Å². The number of carbonyl (C=O) groups is 3. The molecule has 5 N–H and O–H groups in total. The van der Waals surface area contributed by atoms with Crippen molar-refractivity contribution in [3.63, 3.8) is 0 Å². The summed E-state index contributed by atoms with van der Waals surface area (Å²) in [5, 5.41) is 12.7. The zero-order valence-corrected chi connectivity index (χ0v) is 12.8. The molecule has 1 atom stereocenters. The van der Waals surface area contributed by atoms with Gasteiger partial charge in [-0.05, 0) is 25.5 Å². The third-order valence-corrected chi connectivity index (χ3v) is 3.16. The number of alkyl halides is 3. The highest BCUT2D eigenvalue weighted by atomic mass is 19.4. The van der Waals surface area contributed by atoms with Crippen molar-refractivity contribution in [3.05, 3.63) is 35.4 Å². The van der Waals surface area contributed by atoms with E-state index in [-0.39, 0.29) is 0 Å². The fourth-order valence-electron chi connectivity index (χ4n) is 1.86. The van der Waals surface area contributed by atoms with Gasteiger partial charge < -0.3 is 21.5 Å². The maximum absolute atomic E-state index is 13.1. The molecule has 0 aromatic heterocycles. The van der Waals surface area contributed by atoms with Gasteiger partial charge in [-0.15, -0.1) is 0 Å². The summed E-state index contributed by atoms with van der Waals surface area (Å²) in [6, 6.07) is 2.15. The van der Waals surface area contributed by atoms with Gasteiger partial charge in [0, 0.05) is 0 Å². The minimum Gasteiger partial charge on any atom is -0.465 e. The van der Waals surface area contributed by atoms with Gasteiger partial charge in [-0.25, -0.2) is 4.79 Å². The molecule has 0 bridgehead atoms. The fraction of sp³-hybridized carbons (Fsp3) is 0.357. The first kappa shape index (κ1) is 19.3. The lowest BCUT2D eigenvalue weighted by atomic mass is 9.97. The van der Waals surface area contributed by atoms with Crippen LogP contribution in [0, 0.1) is 0 Å². The lowest BCUT2D eigenvalue weighted by molar-refractivity contribution is -0.139. The summed E-state index contributed by atoms with van der Waals surface area (Å²) in [7, 11) is 0. The van der Waals surface area contributed by atoms with Gasteiger partial charge in [0.05, 0.1) is 5.56 Å². The van der Waals surface area contributed by atoms with E-state index >= 15 is 0 Å². The molecule has 0 aliphatic heterocycles. The van der Waals surface area contributed by atoms with Crippen LogP contribution in [0.15, 0.2) is 24.3 Å². The Labute approximate surface area is 135 Å². The maximum atomic E-state index is 13.1. The molecule has 1 unspecified atom stereocenters. The second-order valence-electron chi connectivity index (χ2n) is 5.45. The average molecular weight is 347 g/mol. The molecule has 0 aliphatic rings. The van der Waals surface area contributed by atoms with Gasteiger partial charge >= 0.3 is 12.3 Å². The summed E-state index contributed by atoms with van der Waals surface area (Å²) in [6.07, 6.45) is -6.50. The summed E-state index contributed by atoms with van der Waals surface area (Å²) in [5.41, 5.74) is 1.74. The number of primary amides is 1. The SMILES string of the molecule is CC(C)(NC(=O)C(NC(=O)O)c1ccccc1C(F)(F)F)C(N)=O. The van der Waals surface area contributed by atoms with Crippen molar-refractivity contribution in [2.75, 3.05) is 0 Å². The largest absolute Gasteiger partial charge is 0.465 e. The van der Waals surface area contributed by atoms with Crippen molar-refractivity contribution in [3.8, 4) is 0 Å². The Kier molecular flexibility index (Phi) is 5.43. The minimum absolute atomic E-state index is 0.592. The van der Waals surface area contributed by atoms with Gasteiger partial charge in [-0.3, -0.25) is 9.59 Å². The fourth-order valence-corrected chi connectivity index (χ4v) is 1.86. The Hall–Kier alpha value is -2.78. The van der Waals surface area contributed by atoms with Crippen LogP contribution in [-0.2, 0) is 15.8 Å². The molecule has 1 aromatic rings. The molecule has 3 amide bonds. The van der Waals surface area contributed by atoms with Crippen LogP contribution < -0.4 is 16.4 Å². The third-order valence-electron chi connectivity index (χ3n) is 3.16. The summed E-state index contributed by atoms with van der Waals surface area (Å²) in [5.74, 6) is -2.08. The van der Waals surface area contributed by atoms with Gasteiger partial charge in [-0.2, -0.15) is 13.2 Å². The number of halogens is 3. The first-order chi connectivity index (χ1) is 10.9. The number of hydrogen-bond acceptors (Lipinski definition) is 3. The molecule has 1 aromatic carbocycles. The van der Waals surface area contributed by atoms with Gasteiger partial charge in [-0.1, -0.05) is 18.2 Å². The Bertz CT molecular complexity index is 659. The van der Waals surface area contributed by atoms with Crippen molar-refractivity contribution < 1.29 is 32.7 Å². The van der Waals surface area contributed by atoms with Crippen molar-refractivity contribution in [2.45, 2.75) is 31.6 Å². The van der Waals surface area contributed by atoms with E-state index in [9.17, 15) is 27.6 Å². The minimum atomic E-state index is -4.80. The van der Waals surface area contributed by atoms with Crippen LogP contribution in [0.1, 0.15) is 31.0 Å². The standard InChI is InChI=1S/C14H16F3N3O4/c1-13(2,11(18)22)20-10(21)9(19-12(23)24)7-5-3-4-6-8(7)14(15,16)17/h3-6,9,19H,1-2H3,(H2,18,22)(H,20,21)(H,23,24). The molecule has 132 valence electrons. The number of rotatable bonds is 5. The highest BCUT2D eigenvalue weighted by Gasteiger charge is 2.39. The van der Waals surface area contributed by atoms with E-state index in [0.717, 1.165) is 18.2 Å². The predicted octanol–water partition coefficient (Wildman–Crippen LogP) is 1.39. The first-order valence-corrected chi connectivity index (χ1v) is 6.63. The average Bonchev–Trinajstić information content (AvgIpc) is 2.43. The van der Waals surface area contributed by atoms with Gasteiger partial charge in [0.15, 0.2) is 0 Å². The molecule has 0 aliphatic carbocycles. The number of benzene rings is 1. The molecule has 1 rings (SSSR count). The van der Waals surface area contributed by atoms with Crippen LogP contribution in [0.4, 0.5) is 18.0 Å². The molecule has 0 fully saturated rings. The zero-order chi connectivity index (χ0) is 18.7. The molecular formula is C14H16F3N3O4. The van der Waals surface area contributed by atoms with Crippen LogP contribution in [0.25, 0.3) is 0 Å². The topological polar surface area (TPSA) is 122 Å². The van der Waals surface area contributed by atoms with Crippen molar-refractivity contribution in [1.82, 2.24) is 10.6 Å². The van der Waals surface area contributed by atoms with Crippen molar-refractivity contribution >= 4 is 17.9 Å². The normalized spacial score (nSPS) is 13.0. The summed E-state index contributed by atoms with van der Waals surface area (Å²) < 4.78 is 39.3. The van der Waals surface area contributed by atoms with E-state index < -0.39 is 46.8 Å². The second-order valence-corrected chi connectivity index (χ2v) is 5.45.